The Kier molecular flexibility index (Phi) is 5.21. The first-order valence-electron chi connectivity index (χ1n) is 6.11. The first-order chi connectivity index (χ1) is 9.49. The molecular weight excluding hydrogens is 312 g/mol. The van der Waals surface area contributed by atoms with Crippen LogP contribution in [-0.4, -0.2) is 32.0 Å². The first kappa shape index (κ1) is 17.7. The minimum atomic E-state index is -4.69. The molecule has 0 unspecified atom stereocenters. The van der Waals surface area contributed by atoms with Gasteiger partial charge in [-0.3, -0.25) is 0 Å². The number of nitrogen functional groups attached to an aromatic ring is 1. The van der Waals surface area contributed by atoms with Crippen LogP contribution in [0.2, 0.25) is 0 Å². The number of benzene rings is 1. The first-order valence-corrected chi connectivity index (χ1v) is 7.55. The van der Waals surface area contributed by atoms with Gasteiger partial charge in [0.15, 0.2) is 0 Å². The molecular formula is C12H16F4N2O2S. The SMILES string of the molecule is CCCN(CC(F)(F)F)S(=O)(=O)c1cc(N)cc(F)c1C. The lowest BCUT2D eigenvalue weighted by atomic mass is 10.2. The fourth-order valence-corrected chi connectivity index (χ4v) is 3.60. The maximum atomic E-state index is 13.6. The zero-order chi connectivity index (χ0) is 16.4. The third kappa shape index (κ3) is 4.31. The summed E-state index contributed by atoms with van der Waals surface area (Å²) in [6.07, 6.45) is -4.49. The van der Waals surface area contributed by atoms with Crippen LogP contribution in [-0.2, 0) is 10.0 Å². The van der Waals surface area contributed by atoms with E-state index < -0.39 is 33.5 Å². The van der Waals surface area contributed by atoms with Gasteiger partial charge in [0.05, 0.1) is 4.90 Å². The monoisotopic (exact) mass is 328 g/mol. The molecule has 0 radical (unpaired) electrons. The highest BCUT2D eigenvalue weighted by atomic mass is 32.2. The van der Waals surface area contributed by atoms with Crippen molar-refractivity contribution in [3.8, 4) is 0 Å². The molecule has 21 heavy (non-hydrogen) atoms. The predicted molar refractivity (Wildman–Crippen MR) is 70.7 cm³/mol. The minimum absolute atomic E-state index is 0.167. The Morgan fingerprint density at radius 2 is 1.86 bits per heavy atom. The van der Waals surface area contributed by atoms with Crippen molar-refractivity contribution in [2.45, 2.75) is 31.3 Å². The summed E-state index contributed by atoms with van der Waals surface area (Å²) in [6, 6.07) is 1.88. The number of nitrogens with zero attached hydrogens (tertiary/aromatic N) is 1. The second-order valence-corrected chi connectivity index (χ2v) is 6.49. The van der Waals surface area contributed by atoms with Crippen molar-refractivity contribution < 1.29 is 26.0 Å². The number of halogens is 4. The summed E-state index contributed by atoms with van der Waals surface area (Å²) >= 11 is 0. The van der Waals surface area contributed by atoms with Crippen molar-refractivity contribution in [1.29, 1.82) is 0 Å². The molecule has 0 heterocycles. The molecule has 0 atom stereocenters. The standard InChI is InChI=1S/C12H16F4N2O2S/c1-3-4-18(7-12(14,15)16)21(19,20)11-6-9(17)5-10(13)8(11)2/h5-6H,3-4,7,17H2,1-2H3. The van der Waals surface area contributed by atoms with Crippen LogP contribution in [0.1, 0.15) is 18.9 Å². The highest BCUT2D eigenvalue weighted by Gasteiger charge is 2.37. The second-order valence-electron chi connectivity index (χ2n) is 4.58. The summed E-state index contributed by atoms with van der Waals surface area (Å²) in [5.74, 6) is -0.878. The van der Waals surface area contributed by atoms with Crippen LogP contribution in [0.25, 0.3) is 0 Å². The number of rotatable bonds is 5. The Morgan fingerprint density at radius 1 is 1.29 bits per heavy atom. The Bertz CT molecular complexity index is 614. The molecule has 0 spiro atoms. The van der Waals surface area contributed by atoms with Crippen molar-refractivity contribution in [2.75, 3.05) is 18.8 Å². The van der Waals surface area contributed by atoms with Crippen LogP contribution < -0.4 is 5.73 Å². The normalized spacial score (nSPS) is 12.9. The molecule has 0 saturated carbocycles. The highest BCUT2D eigenvalue weighted by molar-refractivity contribution is 7.89. The van der Waals surface area contributed by atoms with Gasteiger partial charge in [-0.2, -0.15) is 17.5 Å². The van der Waals surface area contributed by atoms with Gasteiger partial charge in [0, 0.05) is 17.8 Å². The van der Waals surface area contributed by atoms with Gasteiger partial charge in [-0.05, 0) is 25.5 Å². The lowest BCUT2D eigenvalue weighted by Crippen LogP contribution is -2.39. The Morgan fingerprint density at radius 3 is 2.33 bits per heavy atom. The van der Waals surface area contributed by atoms with Crippen LogP contribution in [0.4, 0.5) is 23.2 Å². The number of nitrogens with two attached hydrogens (primary N) is 1. The van der Waals surface area contributed by atoms with Gasteiger partial charge in [0.1, 0.15) is 12.4 Å². The molecule has 9 heteroatoms. The van der Waals surface area contributed by atoms with Gasteiger partial charge >= 0.3 is 6.18 Å². The average molecular weight is 328 g/mol. The van der Waals surface area contributed by atoms with E-state index in [1.807, 2.05) is 0 Å². The molecule has 1 rings (SSSR count). The minimum Gasteiger partial charge on any atom is -0.399 e. The smallest absolute Gasteiger partial charge is 0.399 e. The fraction of sp³-hybridized carbons (Fsp3) is 0.500. The highest BCUT2D eigenvalue weighted by Crippen LogP contribution is 2.27. The Balaban J connectivity index is 3.36. The third-order valence-electron chi connectivity index (χ3n) is 2.77. The van der Waals surface area contributed by atoms with E-state index in [2.05, 4.69) is 0 Å². The molecule has 1 aromatic rings. The van der Waals surface area contributed by atoms with Crippen molar-refractivity contribution in [3.05, 3.63) is 23.5 Å². The molecule has 1 aromatic carbocycles. The van der Waals surface area contributed by atoms with Gasteiger partial charge in [-0.25, -0.2) is 12.8 Å². The van der Waals surface area contributed by atoms with Crippen molar-refractivity contribution in [1.82, 2.24) is 4.31 Å². The van der Waals surface area contributed by atoms with Crippen LogP contribution in [0.3, 0.4) is 0 Å². The van der Waals surface area contributed by atoms with E-state index in [0.717, 1.165) is 12.1 Å². The van der Waals surface area contributed by atoms with E-state index in [9.17, 15) is 26.0 Å². The topological polar surface area (TPSA) is 63.4 Å². The maximum absolute atomic E-state index is 13.6. The zero-order valence-electron chi connectivity index (χ0n) is 11.5. The molecule has 2 N–H and O–H groups in total. The lowest BCUT2D eigenvalue weighted by molar-refractivity contribution is -0.136. The van der Waals surface area contributed by atoms with Gasteiger partial charge in [-0.15, -0.1) is 0 Å². The van der Waals surface area contributed by atoms with Gasteiger partial charge < -0.3 is 5.73 Å². The molecule has 0 aromatic heterocycles. The summed E-state index contributed by atoms with van der Waals surface area (Å²) in [5, 5.41) is 0. The second kappa shape index (κ2) is 6.18. The molecule has 0 amide bonds. The Hall–Kier alpha value is -1.35. The molecule has 120 valence electrons. The van der Waals surface area contributed by atoms with Gasteiger partial charge in [0.2, 0.25) is 10.0 Å². The number of sulfonamides is 1. The molecule has 0 saturated heterocycles. The van der Waals surface area contributed by atoms with E-state index in [1.54, 1.807) is 6.92 Å². The lowest BCUT2D eigenvalue weighted by Gasteiger charge is -2.24. The van der Waals surface area contributed by atoms with E-state index in [1.165, 1.54) is 6.92 Å². The Labute approximate surface area is 120 Å². The molecule has 0 aliphatic heterocycles. The molecule has 0 aliphatic carbocycles. The predicted octanol–water partition coefficient (Wildman–Crippen LogP) is 2.68. The van der Waals surface area contributed by atoms with Crippen LogP contribution >= 0.6 is 0 Å². The van der Waals surface area contributed by atoms with E-state index in [0.29, 0.717) is 0 Å². The van der Waals surface area contributed by atoms with Crippen LogP contribution in [0.5, 0.6) is 0 Å². The largest absolute Gasteiger partial charge is 0.402 e. The number of hydrogen-bond acceptors (Lipinski definition) is 3. The van der Waals surface area contributed by atoms with E-state index >= 15 is 0 Å². The van der Waals surface area contributed by atoms with Crippen molar-refractivity contribution in [3.63, 3.8) is 0 Å². The summed E-state index contributed by atoms with van der Waals surface area (Å²) in [6.45, 7) is 0.780. The van der Waals surface area contributed by atoms with Gasteiger partial charge in [0.25, 0.3) is 0 Å². The maximum Gasteiger partial charge on any atom is 0.402 e. The summed E-state index contributed by atoms with van der Waals surface area (Å²) < 4.78 is 76.1. The molecule has 4 nitrogen and oxygen atoms in total. The zero-order valence-corrected chi connectivity index (χ0v) is 12.4. The quantitative estimate of drug-likeness (QED) is 0.668. The molecule has 0 fully saturated rings. The molecule has 0 bridgehead atoms. The summed E-state index contributed by atoms with van der Waals surface area (Å²) in [4.78, 5) is -0.544. The third-order valence-corrected chi connectivity index (χ3v) is 4.74. The summed E-state index contributed by atoms with van der Waals surface area (Å²) in [7, 11) is -4.48. The number of hydrogen-bond donors (Lipinski definition) is 1. The number of anilines is 1. The average Bonchev–Trinajstić information content (AvgIpc) is 2.31. The van der Waals surface area contributed by atoms with E-state index in [4.69, 9.17) is 5.73 Å². The van der Waals surface area contributed by atoms with E-state index in [-0.39, 0.29) is 28.5 Å². The van der Waals surface area contributed by atoms with Crippen LogP contribution in [0, 0.1) is 12.7 Å². The van der Waals surface area contributed by atoms with Crippen molar-refractivity contribution >= 4 is 15.7 Å². The molecule has 0 aliphatic rings. The summed E-state index contributed by atoms with van der Waals surface area (Å²) in [5.41, 5.74) is 4.96. The van der Waals surface area contributed by atoms with Gasteiger partial charge in [-0.1, -0.05) is 6.92 Å². The van der Waals surface area contributed by atoms with Crippen LogP contribution in [0.15, 0.2) is 17.0 Å². The number of alkyl halides is 3. The fourth-order valence-electron chi connectivity index (χ4n) is 1.81. The van der Waals surface area contributed by atoms with Crippen molar-refractivity contribution in [2.24, 2.45) is 0 Å².